The number of methoxy groups -OCH3 is 1. The Labute approximate surface area is 165 Å². The van der Waals surface area contributed by atoms with Crippen molar-refractivity contribution >= 4 is 17.5 Å². The highest BCUT2D eigenvalue weighted by atomic mass is 16.5. The quantitative estimate of drug-likeness (QED) is 0.827. The molecule has 0 saturated carbocycles. The predicted octanol–water partition coefficient (Wildman–Crippen LogP) is 3.73. The van der Waals surface area contributed by atoms with Gasteiger partial charge in [-0.25, -0.2) is 0 Å². The molecule has 0 aromatic heterocycles. The van der Waals surface area contributed by atoms with Gasteiger partial charge in [-0.2, -0.15) is 0 Å². The van der Waals surface area contributed by atoms with Crippen molar-refractivity contribution in [1.82, 2.24) is 4.90 Å². The zero-order chi connectivity index (χ0) is 19.8. The van der Waals surface area contributed by atoms with Gasteiger partial charge in [0.15, 0.2) is 6.61 Å². The molecule has 0 atom stereocenters. The van der Waals surface area contributed by atoms with E-state index < -0.39 is 0 Å². The van der Waals surface area contributed by atoms with Crippen LogP contribution in [0.2, 0.25) is 0 Å². The maximum absolute atomic E-state index is 12.9. The molecule has 0 bridgehead atoms. The zero-order valence-electron chi connectivity index (χ0n) is 16.1. The molecule has 2 aromatic carbocycles. The van der Waals surface area contributed by atoms with Gasteiger partial charge in [0.25, 0.3) is 11.8 Å². The molecule has 6 heteroatoms. The van der Waals surface area contributed by atoms with Gasteiger partial charge in [-0.15, -0.1) is 0 Å². The first-order valence-corrected chi connectivity index (χ1v) is 9.62. The van der Waals surface area contributed by atoms with Crippen molar-refractivity contribution in [3.05, 3.63) is 54.1 Å². The van der Waals surface area contributed by atoms with Crippen molar-refractivity contribution in [3.63, 3.8) is 0 Å². The van der Waals surface area contributed by atoms with E-state index >= 15 is 0 Å². The number of carbonyl (C=O) groups is 2. The van der Waals surface area contributed by atoms with Crippen molar-refractivity contribution in [2.45, 2.75) is 25.7 Å². The molecule has 6 nitrogen and oxygen atoms in total. The maximum Gasteiger partial charge on any atom is 0.262 e. The molecule has 1 aliphatic rings. The first-order valence-electron chi connectivity index (χ1n) is 9.62. The molecule has 2 aromatic rings. The summed E-state index contributed by atoms with van der Waals surface area (Å²) in [5.41, 5.74) is 1.03. The summed E-state index contributed by atoms with van der Waals surface area (Å²) < 4.78 is 10.6. The van der Waals surface area contributed by atoms with E-state index in [0.29, 0.717) is 17.0 Å². The molecule has 0 unspecified atom stereocenters. The molecular formula is C22H26N2O4. The summed E-state index contributed by atoms with van der Waals surface area (Å²) in [6, 6.07) is 14.1. The molecule has 148 valence electrons. The summed E-state index contributed by atoms with van der Waals surface area (Å²) in [5.74, 6) is 0.948. The smallest absolute Gasteiger partial charge is 0.262 e. The Hall–Kier alpha value is -3.02. The minimum atomic E-state index is -0.313. The van der Waals surface area contributed by atoms with Crippen molar-refractivity contribution < 1.29 is 19.1 Å². The SMILES string of the molecule is COc1ccc(OCC(=O)Nc2ccccc2C(=O)N2CCCCCC2)cc1. The number of rotatable bonds is 6. The third-order valence-corrected chi connectivity index (χ3v) is 4.75. The van der Waals surface area contributed by atoms with Gasteiger partial charge in [0.2, 0.25) is 0 Å². The molecule has 28 heavy (non-hydrogen) atoms. The topological polar surface area (TPSA) is 67.9 Å². The number of nitrogens with one attached hydrogen (secondary N) is 1. The lowest BCUT2D eigenvalue weighted by molar-refractivity contribution is -0.118. The number of anilines is 1. The minimum absolute atomic E-state index is 0.0335. The van der Waals surface area contributed by atoms with Crippen LogP contribution in [-0.4, -0.2) is 43.5 Å². The summed E-state index contributed by atoms with van der Waals surface area (Å²) in [6.45, 7) is 1.39. The highest BCUT2D eigenvalue weighted by Crippen LogP contribution is 2.20. The van der Waals surface area contributed by atoms with E-state index in [1.54, 1.807) is 49.6 Å². The lowest BCUT2D eigenvalue weighted by Crippen LogP contribution is -2.33. The van der Waals surface area contributed by atoms with Crippen LogP contribution in [0.15, 0.2) is 48.5 Å². The van der Waals surface area contributed by atoms with Crippen LogP contribution in [0.25, 0.3) is 0 Å². The second-order valence-corrected chi connectivity index (χ2v) is 6.76. The number of amides is 2. The molecular weight excluding hydrogens is 356 g/mol. The summed E-state index contributed by atoms with van der Waals surface area (Å²) in [5, 5.41) is 2.80. The van der Waals surface area contributed by atoms with Crippen LogP contribution < -0.4 is 14.8 Å². The van der Waals surface area contributed by atoms with Gasteiger partial charge < -0.3 is 19.7 Å². The Morgan fingerprint density at radius 3 is 2.25 bits per heavy atom. The highest BCUT2D eigenvalue weighted by molar-refractivity contribution is 6.04. The number of ether oxygens (including phenoxy) is 2. The summed E-state index contributed by atoms with van der Waals surface area (Å²) in [6.07, 6.45) is 4.36. The van der Waals surface area contributed by atoms with Crippen LogP contribution in [0.4, 0.5) is 5.69 Å². The van der Waals surface area contributed by atoms with Crippen LogP contribution in [0.3, 0.4) is 0 Å². The Kier molecular flexibility index (Phi) is 6.89. The average molecular weight is 382 g/mol. The predicted molar refractivity (Wildman–Crippen MR) is 108 cm³/mol. The van der Waals surface area contributed by atoms with E-state index in [1.165, 1.54) is 0 Å². The lowest BCUT2D eigenvalue weighted by atomic mass is 10.1. The normalized spacial score (nSPS) is 14.1. The fourth-order valence-corrected chi connectivity index (χ4v) is 3.23. The van der Waals surface area contributed by atoms with E-state index in [-0.39, 0.29) is 18.4 Å². The molecule has 1 fully saturated rings. The van der Waals surface area contributed by atoms with E-state index in [9.17, 15) is 9.59 Å². The van der Waals surface area contributed by atoms with Gasteiger partial charge in [-0.05, 0) is 49.2 Å². The fourth-order valence-electron chi connectivity index (χ4n) is 3.23. The van der Waals surface area contributed by atoms with Gasteiger partial charge in [-0.1, -0.05) is 25.0 Å². The van der Waals surface area contributed by atoms with E-state index in [4.69, 9.17) is 9.47 Å². The van der Waals surface area contributed by atoms with Gasteiger partial charge in [0, 0.05) is 13.1 Å². The number of benzene rings is 2. The Bertz CT molecular complexity index is 796. The van der Waals surface area contributed by atoms with Crippen LogP contribution in [0.1, 0.15) is 36.0 Å². The van der Waals surface area contributed by atoms with E-state index in [1.807, 2.05) is 11.0 Å². The number of likely N-dealkylation sites (tertiary alicyclic amines) is 1. The molecule has 0 spiro atoms. The molecule has 0 radical (unpaired) electrons. The number of para-hydroxylation sites is 1. The summed E-state index contributed by atoms with van der Waals surface area (Å²) in [7, 11) is 1.59. The number of carbonyl (C=O) groups excluding carboxylic acids is 2. The van der Waals surface area contributed by atoms with Gasteiger partial charge >= 0.3 is 0 Å². The van der Waals surface area contributed by atoms with Crippen LogP contribution in [-0.2, 0) is 4.79 Å². The molecule has 1 saturated heterocycles. The number of hydrogen-bond donors (Lipinski definition) is 1. The lowest BCUT2D eigenvalue weighted by Gasteiger charge is -2.22. The fraction of sp³-hybridized carbons (Fsp3) is 0.364. The van der Waals surface area contributed by atoms with E-state index in [2.05, 4.69) is 5.32 Å². The second kappa shape index (κ2) is 9.78. The molecule has 0 aliphatic carbocycles. The Morgan fingerprint density at radius 1 is 0.929 bits per heavy atom. The number of nitrogens with zero attached hydrogens (tertiary/aromatic N) is 1. The molecule has 1 N–H and O–H groups in total. The monoisotopic (exact) mass is 382 g/mol. The van der Waals surface area contributed by atoms with Crippen LogP contribution in [0, 0.1) is 0 Å². The van der Waals surface area contributed by atoms with Crippen molar-refractivity contribution in [2.24, 2.45) is 0 Å². The van der Waals surface area contributed by atoms with Gasteiger partial charge in [-0.3, -0.25) is 9.59 Å². The Balaban J connectivity index is 1.61. The maximum atomic E-state index is 12.9. The molecule has 1 heterocycles. The first kappa shape index (κ1) is 19.7. The van der Waals surface area contributed by atoms with Gasteiger partial charge in [0.05, 0.1) is 18.4 Å². The van der Waals surface area contributed by atoms with Gasteiger partial charge in [0.1, 0.15) is 11.5 Å². The molecule has 1 aliphatic heterocycles. The minimum Gasteiger partial charge on any atom is -0.497 e. The number of hydrogen-bond acceptors (Lipinski definition) is 4. The van der Waals surface area contributed by atoms with Crippen LogP contribution in [0.5, 0.6) is 11.5 Å². The van der Waals surface area contributed by atoms with Crippen molar-refractivity contribution in [2.75, 3.05) is 32.1 Å². The Morgan fingerprint density at radius 2 is 1.57 bits per heavy atom. The largest absolute Gasteiger partial charge is 0.497 e. The average Bonchev–Trinajstić information content (AvgIpc) is 3.02. The summed E-state index contributed by atoms with van der Waals surface area (Å²) in [4.78, 5) is 27.1. The summed E-state index contributed by atoms with van der Waals surface area (Å²) >= 11 is 0. The zero-order valence-corrected chi connectivity index (χ0v) is 16.1. The molecule has 2 amide bonds. The first-order chi connectivity index (χ1) is 13.7. The highest BCUT2D eigenvalue weighted by Gasteiger charge is 2.20. The third-order valence-electron chi connectivity index (χ3n) is 4.75. The standard InChI is InChI=1S/C22H26N2O4/c1-27-17-10-12-18(13-11-17)28-16-21(25)23-20-9-5-4-8-19(20)22(26)24-14-6-2-3-7-15-24/h4-5,8-13H,2-3,6-7,14-16H2,1H3,(H,23,25). The second-order valence-electron chi connectivity index (χ2n) is 6.76. The third kappa shape index (κ3) is 5.25. The van der Waals surface area contributed by atoms with Crippen LogP contribution >= 0.6 is 0 Å². The van der Waals surface area contributed by atoms with Crippen molar-refractivity contribution in [1.29, 1.82) is 0 Å². The van der Waals surface area contributed by atoms with Crippen molar-refractivity contribution in [3.8, 4) is 11.5 Å². The molecule has 3 rings (SSSR count). The van der Waals surface area contributed by atoms with E-state index in [0.717, 1.165) is 44.5 Å².